The number of aromatic nitrogens is 1. The normalized spacial score (nSPS) is 21.8. The molecule has 1 fully saturated rings. The van der Waals surface area contributed by atoms with Gasteiger partial charge < -0.3 is 4.90 Å². The second-order valence-corrected chi connectivity index (χ2v) is 5.56. The molecule has 1 aliphatic rings. The predicted octanol–water partition coefficient (Wildman–Crippen LogP) is 1.79. The van der Waals surface area contributed by atoms with E-state index in [9.17, 15) is 4.79 Å². The maximum Gasteiger partial charge on any atom is 0.186 e. The van der Waals surface area contributed by atoms with Crippen LogP contribution in [0.3, 0.4) is 0 Å². The molecule has 4 nitrogen and oxygen atoms in total. The van der Waals surface area contributed by atoms with Crippen molar-refractivity contribution in [3.63, 3.8) is 0 Å². The summed E-state index contributed by atoms with van der Waals surface area (Å²) in [7, 11) is 2.18. The Balaban J connectivity index is 2.14. The van der Waals surface area contributed by atoms with Crippen molar-refractivity contribution in [2.24, 2.45) is 0 Å². The summed E-state index contributed by atoms with van der Waals surface area (Å²) in [5.41, 5.74) is 0.854. The number of hydrogen-bond acceptors (Lipinski definition) is 5. The topological polar surface area (TPSA) is 36.4 Å². The van der Waals surface area contributed by atoms with Crippen LogP contribution < -0.4 is 4.90 Å². The van der Waals surface area contributed by atoms with Crippen molar-refractivity contribution in [2.45, 2.75) is 26.3 Å². The van der Waals surface area contributed by atoms with Crippen molar-refractivity contribution in [3.05, 3.63) is 10.6 Å². The van der Waals surface area contributed by atoms with Gasteiger partial charge >= 0.3 is 0 Å². The van der Waals surface area contributed by atoms with Crippen molar-refractivity contribution in [3.8, 4) is 0 Å². The molecule has 0 saturated carbocycles. The highest BCUT2D eigenvalue weighted by molar-refractivity contribution is 7.17. The molecule has 0 amide bonds. The van der Waals surface area contributed by atoms with Gasteiger partial charge in [0.15, 0.2) is 11.4 Å². The van der Waals surface area contributed by atoms with Crippen LogP contribution in [-0.2, 0) is 0 Å². The number of hydrogen-bond donors (Lipinski definition) is 0. The van der Waals surface area contributed by atoms with Crippen LogP contribution in [-0.4, -0.2) is 48.9 Å². The fraction of sp³-hybridized carbons (Fsp3) is 0.667. The van der Waals surface area contributed by atoms with Gasteiger partial charge in [-0.15, -0.1) is 0 Å². The molecule has 2 heterocycles. The van der Waals surface area contributed by atoms with Crippen molar-refractivity contribution in [2.75, 3.05) is 31.6 Å². The highest BCUT2D eigenvalue weighted by atomic mass is 32.1. The zero-order valence-corrected chi connectivity index (χ0v) is 11.5. The van der Waals surface area contributed by atoms with Gasteiger partial charge in [0.05, 0.1) is 10.6 Å². The largest absolute Gasteiger partial charge is 0.345 e. The van der Waals surface area contributed by atoms with E-state index in [-0.39, 0.29) is 0 Å². The summed E-state index contributed by atoms with van der Waals surface area (Å²) in [6.45, 7) is 7.19. The number of nitrogens with zero attached hydrogens (tertiary/aromatic N) is 3. The first-order valence-electron chi connectivity index (χ1n) is 6.03. The maximum absolute atomic E-state index is 10.8. The number of anilines is 1. The van der Waals surface area contributed by atoms with Gasteiger partial charge in [-0.3, -0.25) is 9.69 Å². The van der Waals surface area contributed by atoms with Crippen LogP contribution in [0.4, 0.5) is 5.13 Å². The summed E-state index contributed by atoms with van der Waals surface area (Å²) in [6, 6.07) is 0.590. The van der Waals surface area contributed by atoms with Gasteiger partial charge in [-0.25, -0.2) is 4.98 Å². The summed E-state index contributed by atoms with van der Waals surface area (Å²) in [5, 5.41) is 0.996. The SMILES string of the molecule is CCC1CN(c2nc(C)c(C=O)s2)CCN1C. The second kappa shape index (κ2) is 5.14. The molecular weight excluding hydrogens is 234 g/mol. The van der Waals surface area contributed by atoms with Crippen LogP contribution in [0.5, 0.6) is 0 Å². The Morgan fingerprint density at radius 2 is 2.29 bits per heavy atom. The zero-order valence-electron chi connectivity index (χ0n) is 10.6. The quantitative estimate of drug-likeness (QED) is 0.770. The predicted molar refractivity (Wildman–Crippen MR) is 71.2 cm³/mol. The Hall–Kier alpha value is -0.940. The smallest absolute Gasteiger partial charge is 0.186 e. The van der Waals surface area contributed by atoms with E-state index in [0.717, 1.165) is 48.0 Å². The molecule has 2 rings (SSSR count). The van der Waals surface area contributed by atoms with Gasteiger partial charge in [-0.2, -0.15) is 0 Å². The molecule has 1 unspecified atom stereocenters. The molecule has 1 aromatic heterocycles. The lowest BCUT2D eigenvalue weighted by Gasteiger charge is -2.39. The highest BCUT2D eigenvalue weighted by Gasteiger charge is 2.25. The van der Waals surface area contributed by atoms with E-state index in [1.165, 1.54) is 11.3 Å². The van der Waals surface area contributed by atoms with Gasteiger partial charge in [0.1, 0.15) is 0 Å². The van der Waals surface area contributed by atoms with Crippen molar-refractivity contribution < 1.29 is 4.79 Å². The lowest BCUT2D eigenvalue weighted by molar-refractivity contribution is 0.112. The summed E-state index contributed by atoms with van der Waals surface area (Å²) in [5.74, 6) is 0. The third kappa shape index (κ3) is 2.50. The molecule has 1 atom stereocenters. The van der Waals surface area contributed by atoms with Gasteiger partial charge in [0.2, 0.25) is 0 Å². The van der Waals surface area contributed by atoms with Crippen molar-refractivity contribution in [1.82, 2.24) is 9.88 Å². The first kappa shape index (κ1) is 12.5. The summed E-state index contributed by atoms with van der Waals surface area (Å²) >= 11 is 1.51. The van der Waals surface area contributed by atoms with E-state index in [2.05, 4.69) is 28.8 Å². The number of carbonyl (C=O) groups excluding carboxylic acids is 1. The zero-order chi connectivity index (χ0) is 12.4. The van der Waals surface area contributed by atoms with Gasteiger partial charge in [0.25, 0.3) is 0 Å². The Morgan fingerprint density at radius 1 is 1.53 bits per heavy atom. The van der Waals surface area contributed by atoms with E-state index < -0.39 is 0 Å². The fourth-order valence-corrected chi connectivity index (χ4v) is 3.11. The molecule has 0 aromatic carbocycles. The Kier molecular flexibility index (Phi) is 3.79. The molecule has 94 valence electrons. The second-order valence-electron chi connectivity index (χ2n) is 4.55. The number of thiazole rings is 1. The third-order valence-electron chi connectivity index (χ3n) is 3.45. The summed E-state index contributed by atoms with van der Waals surface area (Å²) in [6.07, 6.45) is 2.06. The number of rotatable bonds is 3. The average Bonchev–Trinajstić information content (AvgIpc) is 2.71. The van der Waals surface area contributed by atoms with E-state index in [1.807, 2.05) is 6.92 Å². The summed E-state index contributed by atoms with van der Waals surface area (Å²) < 4.78 is 0. The molecule has 1 saturated heterocycles. The first-order valence-corrected chi connectivity index (χ1v) is 6.85. The minimum absolute atomic E-state index is 0.590. The number of carbonyl (C=O) groups is 1. The third-order valence-corrected chi connectivity index (χ3v) is 4.59. The molecule has 0 N–H and O–H groups in total. The Morgan fingerprint density at radius 3 is 2.88 bits per heavy atom. The Labute approximate surface area is 106 Å². The molecule has 0 spiro atoms. The van der Waals surface area contributed by atoms with Crippen LogP contribution in [0.1, 0.15) is 28.7 Å². The molecule has 0 radical (unpaired) electrons. The van der Waals surface area contributed by atoms with Crippen LogP contribution in [0.15, 0.2) is 0 Å². The van der Waals surface area contributed by atoms with E-state index in [0.29, 0.717) is 6.04 Å². The number of piperazine rings is 1. The fourth-order valence-electron chi connectivity index (χ4n) is 2.20. The summed E-state index contributed by atoms with van der Waals surface area (Å²) in [4.78, 5) is 20.8. The molecular formula is C12H19N3OS. The van der Waals surface area contributed by atoms with E-state index in [4.69, 9.17) is 0 Å². The van der Waals surface area contributed by atoms with Crippen LogP contribution in [0.2, 0.25) is 0 Å². The molecule has 0 aliphatic carbocycles. The molecule has 0 bridgehead atoms. The lowest BCUT2D eigenvalue weighted by Crippen LogP contribution is -2.51. The highest BCUT2D eigenvalue weighted by Crippen LogP contribution is 2.26. The molecule has 5 heteroatoms. The Bertz CT molecular complexity index is 404. The molecule has 1 aromatic rings. The average molecular weight is 253 g/mol. The van der Waals surface area contributed by atoms with Gasteiger partial charge in [-0.1, -0.05) is 18.3 Å². The van der Waals surface area contributed by atoms with Crippen molar-refractivity contribution in [1.29, 1.82) is 0 Å². The minimum atomic E-state index is 0.590. The van der Waals surface area contributed by atoms with Crippen LogP contribution >= 0.6 is 11.3 Å². The van der Waals surface area contributed by atoms with Gasteiger partial charge in [-0.05, 0) is 20.4 Å². The number of likely N-dealkylation sites (N-methyl/N-ethyl adjacent to an activating group) is 1. The van der Waals surface area contributed by atoms with Crippen LogP contribution in [0, 0.1) is 6.92 Å². The van der Waals surface area contributed by atoms with Crippen LogP contribution in [0.25, 0.3) is 0 Å². The van der Waals surface area contributed by atoms with Gasteiger partial charge in [0, 0.05) is 25.7 Å². The first-order chi connectivity index (χ1) is 8.15. The standard InChI is InChI=1S/C12H19N3OS/c1-4-10-7-15(6-5-14(10)3)12-13-9(2)11(8-16)17-12/h8,10H,4-7H2,1-3H3. The van der Waals surface area contributed by atoms with E-state index in [1.54, 1.807) is 0 Å². The van der Waals surface area contributed by atoms with Crippen molar-refractivity contribution >= 4 is 22.8 Å². The lowest BCUT2D eigenvalue weighted by atomic mass is 10.1. The monoisotopic (exact) mass is 253 g/mol. The number of aryl methyl sites for hydroxylation is 1. The maximum atomic E-state index is 10.8. The molecule has 17 heavy (non-hydrogen) atoms. The minimum Gasteiger partial charge on any atom is -0.345 e. The molecule has 1 aliphatic heterocycles. The number of aldehydes is 1. The van der Waals surface area contributed by atoms with E-state index >= 15 is 0 Å².